The summed E-state index contributed by atoms with van der Waals surface area (Å²) in [6, 6.07) is 11.0. The molecule has 0 aliphatic carbocycles. The van der Waals surface area contributed by atoms with E-state index in [1.807, 2.05) is 6.92 Å². The average Bonchev–Trinajstić information content (AvgIpc) is 2.91. The molecule has 1 amide bonds. The monoisotopic (exact) mass is 380 g/mol. The third kappa shape index (κ3) is 3.43. The predicted molar refractivity (Wildman–Crippen MR) is 96.7 cm³/mol. The number of amides is 1. The molecule has 0 radical (unpaired) electrons. The number of anilines is 1. The molecule has 24 heavy (non-hydrogen) atoms. The Hall–Kier alpha value is -1.95. The van der Waals surface area contributed by atoms with Gasteiger partial charge in [0.05, 0.1) is 21.3 Å². The summed E-state index contributed by atoms with van der Waals surface area (Å²) in [6.07, 6.45) is 0. The first-order chi connectivity index (χ1) is 11.5. The number of nitrogens with one attached hydrogen (secondary N) is 1. The van der Waals surface area contributed by atoms with Crippen LogP contribution in [0.2, 0.25) is 10.0 Å². The van der Waals surface area contributed by atoms with Crippen LogP contribution >= 0.6 is 34.5 Å². The van der Waals surface area contributed by atoms with E-state index in [9.17, 15) is 9.18 Å². The lowest BCUT2D eigenvalue weighted by molar-refractivity contribution is 0.102. The van der Waals surface area contributed by atoms with E-state index in [1.165, 1.54) is 29.5 Å². The van der Waals surface area contributed by atoms with Gasteiger partial charge in [0, 0.05) is 10.4 Å². The number of hydrogen-bond donors (Lipinski definition) is 1. The third-order valence-electron chi connectivity index (χ3n) is 3.33. The fourth-order valence-corrected chi connectivity index (χ4v) is 3.30. The number of halogens is 3. The van der Waals surface area contributed by atoms with Crippen molar-refractivity contribution in [3.05, 3.63) is 68.8 Å². The first-order valence-corrected chi connectivity index (χ1v) is 8.51. The van der Waals surface area contributed by atoms with Crippen molar-refractivity contribution in [2.75, 3.05) is 5.32 Å². The number of rotatable bonds is 3. The zero-order valence-corrected chi connectivity index (χ0v) is 14.8. The van der Waals surface area contributed by atoms with Crippen LogP contribution < -0.4 is 5.32 Å². The maximum Gasteiger partial charge on any atom is 0.260 e. The Balaban J connectivity index is 1.88. The molecule has 1 heterocycles. The second-order valence-corrected chi connectivity index (χ2v) is 7.00. The van der Waals surface area contributed by atoms with Gasteiger partial charge in [-0.15, -0.1) is 11.3 Å². The summed E-state index contributed by atoms with van der Waals surface area (Å²) in [6.45, 7) is 1.88. The molecule has 3 nitrogen and oxygen atoms in total. The normalized spacial score (nSPS) is 10.7. The van der Waals surface area contributed by atoms with E-state index in [0.29, 0.717) is 20.9 Å². The van der Waals surface area contributed by atoms with Gasteiger partial charge in [-0.3, -0.25) is 10.1 Å². The Morgan fingerprint density at radius 1 is 1.17 bits per heavy atom. The van der Waals surface area contributed by atoms with Crippen LogP contribution in [0.4, 0.5) is 9.52 Å². The van der Waals surface area contributed by atoms with Crippen molar-refractivity contribution in [3.63, 3.8) is 0 Å². The zero-order chi connectivity index (χ0) is 17.3. The smallest absolute Gasteiger partial charge is 0.260 e. The standard InChI is InChI=1S/C17H11Cl2FN2OS/c1-9-15(10-6-7-12(18)13(19)8-10)21-17(24-9)22-16(23)11-4-2-3-5-14(11)20/h2-8H,1H3,(H,21,22,23). The molecular weight excluding hydrogens is 370 g/mol. The molecule has 0 unspecified atom stereocenters. The van der Waals surface area contributed by atoms with Gasteiger partial charge in [-0.2, -0.15) is 0 Å². The van der Waals surface area contributed by atoms with Crippen LogP contribution in [0.5, 0.6) is 0 Å². The van der Waals surface area contributed by atoms with Crippen molar-refractivity contribution in [1.82, 2.24) is 4.98 Å². The molecule has 0 spiro atoms. The van der Waals surface area contributed by atoms with Crippen LogP contribution in [0.1, 0.15) is 15.2 Å². The van der Waals surface area contributed by atoms with E-state index in [2.05, 4.69) is 10.3 Å². The van der Waals surface area contributed by atoms with E-state index in [-0.39, 0.29) is 5.56 Å². The van der Waals surface area contributed by atoms with Gasteiger partial charge in [-0.1, -0.05) is 41.4 Å². The predicted octanol–water partition coefficient (Wildman–Crippen LogP) is 5.82. The summed E-state index contributed by atoms with van der Waals surface area (Å²) in [5.74, 6) is -1.12. The largest absolute Gasteiger partial charge is 0.298 e. The molecule has 0 aliphatic rings. The van der Waals surface area contributed by atoms with E-state index in [4.69, 9.17) is 23.2 Å². The quantitative estimate of drug-likeness (QED) is 0.622. The van der Waals surface area contributed by atoms with Gasteiger partial charge >= 0.3 is 0 Å². The second kappa shape index (κ2) is 6.89. The van der Waals surface area contributed by atoms with Crippen molar-refractivity contribution in [3.8, 4) is 11.3 Å². The van der Waals surface area contributed by atoms with Crippen LogP contribution in [0.3, 0.4) is 0 Å². The lowest BCUT2D eigenvalue weighted by Gasteiger charge is -2.03. The lowest BCUT2D eigenvalue weighted by Crippen LogP contribution is -2.13. The minimum absolute atomic E-state index is 0.0264. The molecular formula is C17H11Cl2FN2OS. The van der Waals surface area contributed by atoms with Gasteiger partial charge in [-0.25, -0.2) is 9.37 Å². The highest BCUT2D eigenvalue weighted by atomic mass is 35.5. The van der Waals surface area contributed by atoms with Gasteiger partial charge in [0.1, 0.15) is 5.82 Å². The van der Waals surface area contributed by atoms with Crippen LogP contribution in [0.25, 0.3) is 11.3 Å². The molecule has 0 saturated carbocycles. The number of benzene rings is 2. The van der Waals surface area contributed by atoms with Crippen molar-refractivity contribution < 1.29 is 9.18 Å². The molecule has 2 aromatic carbocycles. The van der Waals surface area contributed by atoms with Crippen LogP contribution in [-0.4, -0.2) is 10.9 Å². The number of carbonyl (C=O) groups excluding carboxylic acids is 1. The molecule has 1 aromatic heterocycles. The van der Waals surface area contributed by atoms with Gasteiger partial charge in [0.25, 0.3) is 5.91 Å². The lowest BCUT2D eigenvalue weighted by atomic mass is 10.1. The average molecular weight is 381 g/mol. The number of carbonyl (C=O) groups is 1. The van der Waals surface area contributed by atoms with E-state index in [1.54, 1.807) is 24.3 Å². The Kier molecular flexibility index (Phi) is 4.85. The molecule has 0 bridgehead atoms. The molecule has 3 aromatic rings. The van der Waals surface area contributed by atoms with E-state index >= 15 is 0 Å². The first kappa shape index (κ1) is 16.9. The number of thiazole rings is 1. The van der Waals surface area contributed by atoms with Crippen molar-refractivity contribution in [2.24, 2.45) is 0 Å². The highest BCUT2D eigenvalue weighted by Gasteiger charge is 2.16. The summed E-state index contributed by atoms with van der Waals surface area (Å²) in [5.41, 5.74) is 1.47. The first-order valence-electron chi connectivity index (χ1n) is 6.94. The van der Waals surface area contributed by atoms with Gasteiger partial charge in [0.15, 0.2) is 5.13 Å². The fraction of sp³-hybridized carbons (Fsp3) is 0.0588. The number of aromatic nitrogens is 1. The second-order valence-electron chi connectivity index (χ2n) is 4.99. The number of hydrogen-bond acceptors (Lipinski definition) is 3. The van der Waals surface area contributed by atoms with Crippen LogP contribution in [-0.2, 0) is 0 Å². The zero-order valence-electron chi connectivity index (χ0n) is 12.4. The van der Waals surface area contributed by atoms with E-state index in [0.717, 1.165) is 10.4 Å². The van der Waals surface area contributed by atoms with Crippen molar-refractivity contribution in [2.45, 2.75) is 6.92 Å². The maximum absolute atomic E-state index is 13.7. The number of nitrogens with zero attached hydrogens (tertiary/aromatic N) is 1. The summed E-state index contributed by atoms with van der Waals surface area (Å²) in [7, 11) is 0. The summed E-state index contributed by atoms with van der Waals surface area (Å²) in [5, 5.41) is 3.90. The van der Waals surface area contributed by atoms with E-state index < -0.39 is 11.7 Å². The topological polar surface area (TPSA) is 42.0 Å². The Morgan fingerprint density at radius 2 is 1.92 bits per heavy atom. The fourth-order valence-electron chi connectivity index (χ4n) is 2.17. The SMILES string of the molecule is Cc1sc(NC(=O)c2ccccc2F)nc1-c1ccc(Cl)c(Cl)c1. The highest BCUT2D eigenvalue weighted by Crippen LogP contribution is 2.34. The van der Waals surface area contributed by atoms with Crippen LogP contribution in [0.15, 0.2) is 42.5 Å². The van der Waals surface area contributed by atoms with Gasteiger partial charge < -0.3 is 0 Å². The summed E-state index contributed by atoms with van der Waals surface area (Å²) < 4.78 is 13.7. The molecule has 7 heteroatoms. The Bertz CT molecular complexity index is 927. The molecule has 0 fully saturated rings. The molecule has 1 N–H and O–H groups in total. The Morgan fingerprint density at radius 3 is 2.62 bits per heavy atom. The molecule has 0 aliphatic heterocycles. The maximum atomic E-state index is 13.7. The van der Waals surface area contributed by atoms with Crippen molar-refractivity contribution in [1.29, 1.82) is 0 Å². The Labute approximate surface area is 152 Å². The minimum Gasteiger partial charge on any atom is -0.298 e. The summed E-state index contributed by atoms with van der Waals surface area (Å²) in [4.78, 5) is 17.5. The minimum atomic E-state index is -0.576. The molecule has 0 saturated heterocycles. The van der Waals surface area contributed by atoms with Gasteiger partial charge in [-0.05, 0) is 31.2 Å². The van der Waals surface area contributed by atoms with Crippen molar-refractivity contribution >= 4 is 45.6 Å². The number of aryl methyl sites for hydroxylation is 1. The summed E-state index contributed by atoms with van der Waals surface area (Å²) >= 11 is 13.3. The molecule has 122 valence electrons. The molecule has 3 rings (SSSR count). The van der Waals surface area contributed by atoms with Crippen LogP contribution in [0, 0.1) is 12.7 Å². The highest BCUT2D eigenvalue weighted by molar-refractivity contribution is 7.16. The third-order valence-corrected chi connectivity index (χ3v) is 4.95. The van der Waals surface area contributed by atoms with Gasteiger partial charge in [0.2, 0.25) is 0 Å². The molecule has 0 atom stereocenters.